The molecule has 1 aliphatic rings. The van der Waals surface area contributed by atoms with E-state index in [1.807, 2.05) is 0 Å². The third-order valence-electron chi connectivity index (χ3n) is 3.04. The molecular weight excluding hydrogens is 330 g/mol. The summed E-state index contributed by atoms with van der Waals surface area (Å²) in [5, 5.41) is 9.55. The van der Waals surface area contributed by atoms with Gasteiger partial charge >= 0.3 is 0 Å². The zero-order chi connectivity index (χ0) is 16.3. The van der Waals surface area contributed by atoms with Crippen molar-refractivity contribution in [3.63, 3.8) is 0 Å². The summed E-state index contributed by atoms with van der Waals surface area (Å²) in [6.45, 7) is 4.07. The maximum atomic E-state index is 12.2. The van der Waals surface area contributed by atoms with Crippen molar-refractivity contribution >= 4 is 38.3 Å². The molecule has 1 atom stereocenters. The molecule has 1 fully saturated rings. The summed E-state index contributed by atoms with van der Waals surface area (Å²) in [6, 6.07) is -0.879. The third-order valence-corrected chi connectivity index (χ3v) is 5.79. The molecule has 1 aromatic heterocycles. The van der Waals surface area contributed by atoms with Gasteiger partial charge in [-0.15, -0.1) is 10.2 Å². The van der Waals surface area contributed by atoms with Crippen molar-refractivity contribution in [3.05, 3.63) is 0 Å². The Balaban J connectivity index is 2.05. The van der Waals surface area contributed by atoms with Crippen LogP contribution in [0.5, 0.6) is 0 Å². The van der Waals surface area contributed by atoms with Crippen LogP contribution in [0.4, 0.5) is 5.13 Å². The first-order valence-electron chi connectivity index (χ1n) is 6.72. The van der Waals surface area contributed by atoms with Crippen molar-refractivity contribution < 1.29 is 18.0 Å². The van der Waals surface area contributed by atoms with E-state index in [4.69, 9.17) is 0 Å². The summed E-state index contributed by atoms with van der Waals surface area (Å²) in [7, 11) is -3.95. The fourth-order valence-electron chi connectivity index (χ4n) is 2.06. The number of amides is 2. The van der Waals surface area contributed by atoms with Gasteiger partial charge in [-0.2, -0.15) is 4.72 Å². The van der Waals surface area contributed by atoms with Crippen LogP contribution in [0.2, 0.25) is 0 Å². The van der Waals surface area contributed by atoms with Crippen LogP contribution in [0.25, 0.3) is 0 Å². The van der Waals surface area contributed by atoms with Crippen molar-refractivity contribution in [3.8, 4) is 0 Å². The molecule has 1 aromatic rings. The molecule has 0 aliphatic carbocycles. The molecule has 0 radical (unpaired) electrons. The Morgan fingerprint density at radius 1 is 1.27 bits per heavy atom. The summed E-state index contributed by atoms with van der Waals surface area (Å²) >= 11 is 0.725. The van der Waals surface area contributed by atoms with E-state index in [1.54, 1.807) is 4.90 Å². The highest BCUT2D eigenvalue weighted by molar-refractivity contribution is 7.91. The van der Waals surface area contributed by atoms with Crippen LogP contribution in [0.3, 0.4) is 0 Å². The molecule has 2 rings (SSSR count). The molecule has 0 bridgehead atoms. The van der Waals surface area contributed by atoms with E-state index in [2.05, 4.69) is 20.2 Å². The van der Waals surface area contributed by atoms with Gasteiger partial charge in [-0.1, -0.05) is 11.3 Å². The molecular formula is C11H17N5O4S2. The standard InChI is InChI=1S/C11H17N5O4S2/c1-7(9(18)16-5-3-4-6-16)15-22(19,20)11-14-13-10(21-11)12-8(2)17/h7,15H,3-6H2,1-2H3,(H,12,13,17)/t7-/m0/s1. The zero-order valence-electron chi connectivity index (χ0n) is 12.2. The first kappa shape index (κ1) is 16.8. The highest BCUT2D eigenvalue weighted by atomic mass is 32.2. The Labute approximate surface area is 132 Å². The number of anilines is 1. The maximum Gasteiger partial charge on any atom is 0.270 e. The average Bonchev–Trinajstić information content (AvgIpc) is 3.07. The number of carbonyl (C=O) groups excluding carboxylic acids is 2. The summed E-state index contributed by atoms with van der Waals surface area (Å²) in [5.41, 5.74) is 0. The Morgan fingerprint density at radius 2 is 1.91 bits per heavy atom. The van der Waals surface area contributed by atoms with Gasteiger partial charge in [0.1, 0.15) is 0 Å². The van der Waals surface area contributed by atoms with Crippen LogP contribution in [0.1, 0.15) is 26.7 Å². The van der Waals surface area contributed by atoms with Gasteiger partial charge in [-0.05, 0) is 19.8 Å². The lowest BCUT2D eigenvalue weighted by atomic mass is 10.3. The lowest BCUT2D eigenvalue weighted by Crippen LogP contribution is -2.45. The van der Waals surface area contributed by atoms with Crippen LogP contribution >= 0.6 is 11.3 Å². The maximum absolute atomic E-state index is 12.2. The fraction of sp³-hybridized carbons (Fsp3) is 0.636. The molecule has 2 heterocycles. The van der Waals surface area contributed by atoms with Crippen LogP contribution in [0, 0.1) is 0 Å². The summed E-state index contributed by atoms with van der Waals surface area (Å²) < 4.78 is 26.3. The van der Waals surface area contributed by atoms with Crippen molar-refractivity contribution in [2.75, 3.05) is 18.4 Å². The summed E-state index contributed by atoms with van der Waals surface area (Å²) in [5.74, 6) is -0.627. The number of hydrogen-bond acceptors (Lipinski definition) is 7. The van der Waals surface area contributed by atoms with Gasteiger partial charge in [-0.25, -0.2) is 8.42 Å². The minimum absolute atomic E-state index is 0.0893. The monoisotopic (exact) mass is 347 g/mol. The molecule has 0 aromatic carbocycles. The molecule has 0 saturated carbocycles. The molecule has 22 heavy (non-hydrogen) atoms. The molecule has 1 aliphatic heterocycles. The number of carbonyl (C=O) groups is 2. The Kier molecular flexibility index (Phi) is 5.08. The van der Waals surface area contributed by atoms with Gasteiger partial charge in [0.25, 0.3) is 10.0 Å². The lowest BCUT2D eigenvalue weighted by molar-refractivity contribution is -0.131. The van der Waals surface area contributed by atoms with E-state index in [1.165, 1.54) is 13.8 Å². The van der Waals surface area contributed by atoms with Gasteiger partial charge in [0.15, 0.2) is 0 Å². The smallest absolute Gasteiger partial charge is 0.270 e. The van der Waals surface area contributed by atoms with Crippen LogP contribution < -0.4 is 10.0 Å². The molecule has 0 spiro atoms. The van der Waals surface area contributed by atoms with E-state index in [-0.39, 0.29) is 21.3 Å². The van der Waals surface area contributed by atoms with E-state index in [0.29, 0.717) is 13.1 Å². The zero-order valence-corrected chi connectivity index (χ0v) is 13.8. The molecule has 2 amide bonds. The Morgan fingerprint density at radius 3 is 2.50 bits per heavy atom. The highest BCUT2D eigenvalue weighted by Crippen LogP contribution is 2.20. The first-order valence-corrected chi connectivity index (χ1v) is 9.02. The van der Waals surface area contributed by atoms with Gasteiger partial charge in [0.05, 0.1) is 6.04 Å². The largest absolute Gasteiger partial charge is 0.341 e. The second-order valence-corrected chi connectivity index (χ2v) is 7.79. The van der Waals surface area contributed by atoms with E-state index >= 15 is 0 Å². The number of hydrogen-bond donors (Lipinski definition) is 2. The minimum Gasteiger partial charge on any atom is -0.341 e. The topological polar surface area (TPSA) is 121 Å². The van der Waals surface area contributed by atoms with Crippen LogP contribution in [-0.2, 0) is 19.6 Å². The average molecular weight is 347 g/mol. The second-order valence-electron chi connectivity index (χ2n) is 4.93. The molecule has 2 N–H and O–H groups in total. The minimum atomic E-state index is -3.95. The van der Waals surface area contributed by atoms with E-state index < -0.39 is 16.1 Å². The normalized spacial score (nSPS) is 16.5. The number of sulfonamides is 1. The van der Waals surface area contributed by atoms with E-state index in [0.717, 1.165) is 24.2 Å². The Bertz CT molecular complexity index is 666. The molecule has 122 valence electrons. The lowest BCUT2D eigenvalue weighted by Gasteiger charge is -2.20. The van der Waals surface area contributed by atoms with E-state index in [9.17, 15) is 18.0 Å². The van der Waals surface area contributed by atoms with Crippen molar-refractivity contribution in [1.82, 2.24) is 19.8 Å². The van der Waals surface area contributed by atoms with Gasteiger partial charge in [0, 0.05) is 20.0 Å². The predicted molar refractivity (Wildman–Crippen MR) is 79.8 cm³/mol. The first-order chi connectivity index (χ1) is 10.3. The summed E-state index contributed by atoms with van der Waals surface area (Å²) in [6.07, 6.45) is 1.86. The van der Waals surface area contributed by atoms with Crippen molar-refractivity contribution in [2.45, 2.75) is 37.1 Å². The quantitative estimate of drug-likeness (QED) is 0.711. The number of rotatable bonds is 5. The number of nitrogens with zero attached hydrogens (tertiary/aromatic N) is 3. The highest BCUT2D eigenvalue weighted by Gasteiger charge is 2.29. The van der Waals surface area contributed by atoms with Gasteiger partial charge < -0.3 is 10.2 Å². The third kappa shape index (κ3) is 3.99. The van der Waals surface area contributed by atoms with Gasteiger partial charge in [0.2, 0.25) is 21.3 Å². The van der Waals surface area contributed by atoms with Crippen LogP contribution in [0.15, 0.2) is 4.34 Å². The van der Waals surface area contributed by atoms with Crippen molar-refractivity contribution in [2.24, 2.45) is 0 Å². The van der Waals surface area contributed by atoms with Gasteiger partial charge in [-0.3, -0.25) is 9.59 Å². The second kappa shape index (κ2) is 6.67. The Hall–Kier alpha value is -1.59. The molecule has 9 nitrogen and oxygen atoms in total. The number of aromatic nitrogens is 2. The fourth-order valence-corrected chi connectivity index (χ4v) is 4.22. The summed E-state index contributed by atoms with van der Waals surface area (Å²) in [4.78, 5) is 24.6. The van der Waals surface area contributed by atoms with Crippen LogP contribution in [-0.4, -0.2) is 54.5 Å². The molecule has 0 unspecified atom stereocenters. The molecule has 11 heteroatoms. The molecule has 1 saturated heterocycles. The van der Waals surface area contributed by atoms with Crippen molar-refractivity contribution in [1.29, 1.82) is 0 Å². The number of likely N-dealkylation sites (tertiary alicyclic amines) is 1. The number of nitrogens with one attached hydrogen (secondary N) is 2. The SMILES string of the molecule is CC(=O)Nc1nnc(S(=O)(=O)N[C@@H](C)C(=O)N2CCCC2)s1. The predicted octanol–water partition coefficient (Wildman–Crippen LogP) is -0.214.